The van der Waals surface area contributed by atoms with Gasteiger partial charge in [0.2, 0.25) is 0 Å². The molecule has 1 fully saturated rings. The van der Waals surface area contributed by atoms with Crippen molar-refractivity contribution in [2.45, 2.75) is 38.5 Å². The molecule has 0 amide bonds. The number of rotatable bonds is 6. The lowest BCUT2D eigenvalue weighted by Crippen LogP contribution is -2.12. The van der Waals surface area contributed by atoms with E-state index < -0.39 is 11.3 Å². The minimum absolute atomic E-state index is 0.147. The zero-order valence-electron chi connectivity index (χ0n) is 16.0. The van der Waals surface area contributed by atoms with Crippen LogP contribution in [0.1, 0.15) is 37.7 Å². The van der Waals surface area contributed by atoms with Crippen molar-refractivity contribution in [3.63, 3.8) is 0 Å². The predicted octanol–water partition coefficient (Wildman–Crippen LogP) is 4.75. The van der Waals surface area contributed by atoms with Crippen molar-refractivity contribution in [2.75, 3.05) is 10.0 Å². The highest BCUT2D eigenvalue weighted by Gasteiger charge is 2.18. The fourth-order valence-corrected chi connectivity index (χ4v) is 4.24. The van der Waals surface area contributed by atoms with Crippen LogP contribution in [0.5, 0.6) is 5.75 Å². The smallest absolute Gasteiger partial charge is 0.260 e. The molecule has 1 aliphatic rings. The highest BCUT2D eigenvalue weighted by Crippen LogP contribution is 2.33. The Morgan fingerprint density at radius 3 is 2.38 bits per heavy atom. The topological polar surface area (TPSA) is 107 Å². The summed E-state index contributed by atoms with van der Waals surface area (Å²) < 4.78 is 23.1. The van der Waals surface area contributed by atoms with Gasteiger partial charge in [0.05, 0.1) is 11.0 Å². The third-order valence-electron chi connectivity index (χ3n) is 5.33. The number of anilines is 3. The molecule has 152 valence electrons. The number of fused-ring (bicyclic) bond motifs is 1. The highest BCUT2D eigenvalue weighted by atomic mass is 32.2. The van der Waals surface area contributed by atoms with Crippen molar-refractivity contribution >= 4 is 39.6 Å². The maximum atomic E-state index is 11.4. The Labute approximate surface area is 172 Å². The Balaban J connectivity index is 1.69. The lowest BCUT2D eigenvalue weighted by molar-refractivity contribution is 0.357. The molecule has 1 aromatic heterocycles. The number of nitrogens with one attached hydrogen (secondary N) is 2. The van der Waals surface area contributed by atoms with E-state index in [1.807, 2.05) is 24.3 Å². The first-order valence-corrected chi connectivity index (χ1v) is 10.9. The first-order valence-electron chi connectivity index (χ1n) is 9.82. The van der Waals surface area contributed by atoms with E-state index >= 15 is 0 Å². The lowest BCUT2D eigenvalue weighted by atomic mass is 9.84. The molecule has 4 rings (SSSR count). The summed E-state index contributed by atoms with van der Waals surface area (Å²) in [5, 5.41) is 13.3. The number of aromatic nitrogens is 2. The van der Waals surface area contributed by atoms with Gasteiger partial charge in [-0.25, -0.2) is 14.2 Å². The van der Waals surface area contributed by atoms with Gasteiger partial charge in [0.25, 0.3) is 11.3 Å². The van der Waals surface area contributed by atoms with Gasteiger partial charge in [-0.15, -0.1) is 0 Å². The van der Waals surface area contributed by atoms with E-state index in [2.05, 4.69) is 20.0 Å². The van der Waals surface area contributed by atoms with Crippen molar-refractivity contribution < 1.29 is 13.9 Å². The van der Waals surface area contributed by atoms with E-state index in [9.17, 15) is 13.9 Å². The largest absolute Gasteiger partial charge is 0.508 e. The summed E-state index contributed by atoms with van der Waals surface area (Å²) in [6.07, 6.45) is 7.17. The fourth-order valence-electron chi connectivity index (χ4n) is 3.93. The molecule has 7 nitrogen and oxygen atoms in total. The molecule has 1 unspecified atom stereocenters. The van der Waals surface area contributed by atoms with Crippen LogP contribution in [0.3, 0.4) is 0 Å². The third kappa shape index (κ3) is 4.83. The summed E-state index contributed by atoms with van der Waals surface area (Å²) >= 11 is -2.28. The molecule has 4 N–H and O–H groups in total. The Morgan fingerprint density at radius 1 is 1.00 bits per heavy atom. The first kappa shape index (κ1) is 19.6. The SMILES string of the molecule is O=S(O)Nc1nc2ccccc2nc1Nc1cc(O)ccc1CC1CCCCC1. The normalized spacial score (nSPS) is 15.9. The molecule has 0 bridgehead atoms. The third-order valence-corrected chi connectivity index (χ3v) is 5.70. The van der Waals surface area contributed by atoms with Crippen LogP contribution in [0.2, 0.25) is 0 Å². The van der Waals surface area contributed by atoms with Crippen LogP contribution in [0.15, 0.2) is 42.5 Å². The second kappa shape index (κ2) is 8.75. The van der Waals surface area contributed by atoms with Crippen molar-refractivity contribution in [1.29, 1.82) is 0 Å². The number of aromatic hydroxyl groups is 1. The standard InChI is InChI=1S/C21H24N4O3S/c26-16-11-10-15(12-14-6-2-1-3-7-14)19(13-16)24-20-21(25-29(27)28)23-18-9-5-4-8-17(18)22-20/h4-5,8-11,13-14,26H,1-3,6-7,12H2,(H,22,24)(H,23,25)(H,27,28). The van der Waals surface area contributed by atoms with E-state index in [4.69, 9.17) is 0 Å². The molecule has 1 atom stereocenters. The minimum Gasteiger partial charge on any atom is -0.508 e. The molecule has 0 aliphatic heterocycles. The molecule has 8 heteroatoms. The zero-order chi connectivity index (χ0) is 20.2. The molecule has 3 aromatic rings. The number of hydrogen-bond donors (Lipinski definition) is 4. The van der Waals surface area contributed by atoms with E-state index in [-0.39, 0.29) is 11.6 Å². The summed E-state index contributed by atoms with van der Waals surface area (Å²) in [7, 11) is 0. The molecule has 29 heavy (non-hydrogen) atoms. The summed E-state index contributed by atoms with van der Waals surface area (Å²) in [5.74, 6) is 1.28. The van der Waals surface area contributed by atoms with Crippen LogP contribution in [-0.2, 0) is 17.7 Å². The number of phenols is 1. The Bertz CT molecular complexity index is 1040. The monoisotopic (exact) mass is 412 g/mol. The molecular formula is C21H24N4O3S. The average molecular weight is 413 g/mol. The van der Waals surface area contributed by atoms with Gasteiger partial charge < -0.3 is 10.4 Å². The van der Waals surface area contributed by atoms with Crippen molar-refractivity contribution in [3.8, 4) is 5.75 Å². The van der Waals surface area contributed by atoms with Gasteiger partial charge in [0, 0.05) is 11.8 Å². The second-order valence-corrected chi connectivity index (χ2v) is 8.14. The zero-order valence-corrected chi connectivity index (χ0v) is 16.8. The number of hydrogen-bond acceptors (Lipinski definition) is 5. The van der Waals surface area contributed by atoms with Crippen LogP contribution >= 0.6 is 0 Å². The van der Waals surface area contributed by atoms with Crippen LogP contribution in [0, 0.1) is 5.92 Å². The predicted molar refractivity (Wildman–Crippen MR) is 116 cm³/mol. The van der Waals surface area contributed by atoms with Crippen molar-refractivity contribution in [1.82, 2.24) is 9.97 Å². The Kier molecular flexibility index (Phi) is 5.92. The molecule has 2 aromatic carbocycles. The molecule has 1 heterocycles. The van der Waals surface area contributed by atoms with Gasteiger partial charge in [-0.1, -0.05) is 50.3 Å². The maximum absolute atomic E-state index is 11.4. The number of phenolic OH excluding ortho intramolecular Hbond substituents is 1. The van der Waals surface area contributed by atoms with E-state index in [1.54, 1.807) is 18.2 Å². The summed E-state index contributed by atoms with van der Waals surface area (Å²) in [5.41, 5.74) is 3.09. The Hall–Kier alpha value is -2.71. The van der Waals surface area contributed by atoms with E-state index in [0.29, 0.717) is 22.8 Å². The van der Waals surface area contributed by atoms with Crippen LogP contribution in [-0.4, -0.2) is 23.8 Å². The summed E-state index contributed by atoms with van der Waals surface area (Å²) in [4.78, 5) is 9.01. The number of benzene rings is 2. The summed E-state index contributed by atoms with van der Waals surface area (Å²) in [6, 6.07) is 12.6. The fraction of sp³-hybridized carbons (Fsp3) is 0.333. The van der Waals surface area contributed by atoms with Gasteiger partial charge >= 0.3 is 0 Å². The van der Waals surface area contributed by atoms with Crippen LogP contribution in [0.25, 0.3) is 11.0 Å². The van der Waals surface area contributed by atoms with Gasteiger partial charge in [0.15, 0.2) is 11.6 Å². The molecule has 1 saturated carbocycles. The maximum Gasteiger partial charge on any atom is 0.260 e. The molecule has 0 radical (unpaired) electrons. The van der Waals surface area contributed by atoms with Gasteiger partial charge in [0.1, 0.15) is 5.75 Å². The number of nitrogens with zero attached hydrogens (tertiary/aromatic N) is 2. The van der Waals surface area contributed by atoms with Gasteiger partial charge in [-0.2, -0.15) is 0 Å². The van der Waals surface area contributed by atoms with E-state index in [0.717, 1.165) is 17.7 Å². The van der Waals surface area contributed by atoms with Crippen LogP contribution < -0.4 is 10.0 Å². The molecule has 0 saturated heterocycles. The quantitative estimate of drug-likeness (QED) is 0.435. The number of para-hydroxylation sites is 2. The van der Waals surface area contributed by atoms with Gasteiger partial charge in [-0.05, 0) is 36.1 Å². The molecular weight excluding hydrogens is 388 g/mol. The average Bonchev–Trinajstić information content (AvgIpc) is 2.71. The van der Waals surface area contributed by atoms with Crippen LogP contribution in [0.4, 0.5) is 17.3 Å². The lowest BCUT2D eigenvalue weighted by Gasteiger charge is -2.23. The Morgan fingerprint density at radius 2 is 1.69 bits per heavy atom. The second-order valence-electron chi connectivity index (χ2n) is 7.44. The molecule has 1 aliphatic carbocycles. The van der Waals surface area contributed by atoms with Gasteiger partial charge in [-0.3, -0.25) is 9.27 Å². The minimum atomic E-state index is -2.28. The molecule has 0 spiro atoms. The first-order chi connectivity index (χ1) is 14.1. The summed E-state index contributed by atoms with van der Waals surface area (Å²) in [6.45, 7) is 0. The van der Waals surface area contributed by atoms with E-state index in [1.165, 1.54) is 32.1 Å². The highest BCUT2D eigenvalue weighted by molar-refractivity contribution is 7.80. The van der Waals surface area contributed by atoms with Crippen molar-refractivity contribution in [2.24, 2.45) is 5.92 Å². The van der Waals surface area contributed by atoms with Crippen molar-refractivity contribution in [3.05, 3.63) is 48.0 Å².